The van der Waals surface area contributed by atoms with Crippen molar-refractivity contribution in [3.63, 3.8) is 0 Å². The summed E-state index contributed by atoms with van der Waals surface area (Å²) in [7, 11) is 0. The summed E-state index contributed by atoms with van der Waals surface area (Å²) in [6.45, 7) is 1.94. The lowest BCUT2D eigenvalue weighted by Crippen LogP contribution is -2.13. The second-order valence-corrected chi connectivity index (χ2v) is 8.10. The molecular weight excluding hydrogens is 424 g/mol. The molecule has 9 heteroatoms. The van der Waals surface area contributed by atoms with Crippen LogP contribution in [0.3, 0.4) is 0 Å². The number of hydrogen-bond acceptors (Lipinski definition) is 8. The minimum atomic E-state index is -0.269. The topological polar surface area (TPSA) is 126 Å². The van der Waals surface area contributed by atoms with Gasteiger partial charge in [0.15, 0.2) is 0 Å². The van der Waals surface area contributed by atoms with Gasteiger partial charge in [-0.05, 0) is 42.8 Å². The van der Waals surface area contributed by atoms with Crippen LogP contribution in [-0.2, 0) is 0 Å². The van der Waals surface area contributed by atoms with Crippen molar-refractivity contribution in [3.05, 3.63) is 71.5 Å². The van der Waals surface area contributed by atoms with E-state index in [0.29, 0.717) is 33.1 Å². The molecule has 0 spiro atoms. The first-order valence-corrected chi connectivity index (χ1v) is 10.6. The fraction of sp³-hybridized carbons (Fsp3) is 0.0435. The molecule has 0 aliphatic carbocycles. The quantitative estimate of drug-likeness (QED) is 0.294. The number of thiophene rings is 1. The summed E-state index contributed by atoms with van der Waals surface area (Å²) in [6.07, 6.45) is 3.05. The van der Waals surface area contributed by atoms with Crippen LogP contribution in [0.25, 0.3) is 21.0 Å². The number of phenolic OH excluding ortho intramolecular Hbond substituents is 1. The van der Waals surface area contributed by atoms with E-state index in [2.05, 4.69) is 25.6 Å². The molecule has 0 unspecified atom stereocenters. The number of nitrogens with two attached hydrogens (primary N) is 1. The zero-order valence-corrected chi connectivity index (χ0v) is 17.8. The molecule has 0 radical (unpaired) electrons. The molecule has 158 valence electrons. The van der Waals surface area contributed by atoms with Gasteiger partial charge in [-0.15, -0.1) is 11.3 Å². The molecule has 3 aromatic heterocycles. The molecule has 0 saturated carbocycles. The molecule has 0 bridgehead atoms. The van der Waals surface area contributed by atoms with E-state index in [1.807, 2.05) is 25.1 Å². The first kappa shape index (κ1) is 19.7. The minimum absolute atomic E-state index is 0.190. The van der Waals surface area contributed by atoms with Crippen LogP contribution in [-0.4, -0.2) is 26.0 Å². The number of aromatic nitrogens is 3. The molecule has 3 heterocycles. The van der Waals surface area contributed by atoms with Crippen molar-refractivity contribution in [2.24, 2.45) is 0 Å². The molecule has 0 fully saturated rings. The molecule has 5 rings (SSSR count). The SMILES string of the molecule is Cc1ccc2c(Nc3ccc(O)cc3)nccc2c1NC(=O)c1csc2c(N)ncnc12. The Bertz CT molecular complexity index is 1480. The van der Waals surface area contributed by atoms with Crippen LogP contribution in [0.1, 0.15) is 15.9 Å². The number of rotatable bonds is 4. The summed E-state index contributed by atoms with van der Waals surface area (Å²) in [6, 6.07) is 12.5. The van der Waals surface area contributed by atoms with Gasteiger partial charge in [0, 0.05) is 28.0 Å². The predicted octanol–water partition coefficient (Wildman–Crippen LogP) is 4.83. The Labute approximate surface area is 186 Å². The summed E-state index contributed by atoms with van der Waals surface area (Å²) in [5.41, 5.74) is 9.30. The zero-order valence-electron chi connectivity index (χ0n) is 17.0. The molecule has 0 aliphatic rings. The molecule has 5 aromatic rings. The van der Waals surface area contributed by atoms with Crippen molar-refractivity contribution in [3.8, 4) is 5.75 Å². The first-order chi connectivity index (χ1) is 15.5. The van der Waals surface area contributed by atoms with Crippen molar-refractivity contribution in [1.82, 2.24) is 15.0 Å². The average molecular weight is 443 g/mol. The van der Waals surface area contributed by atoms with Crippen molar-refractivity contribution in [2.75, 3.05) is 16.4 Å². The number of anilines is 4. The Morgan fingerprint density at radius 3 is 2.66 bits per heavy atom. The summed E-state index contributed by atoms with van der Waals surface area (Å²) < 4.78 is 0.692. The highest BCUT2D eigenvalue weighted by Crippen LogP contribution is 2.34. The number of pyridine rings is 1. The third kappa shape index (κ3) is 3.44. The van der Waals surface area contributed by atoms with E-state index in [4.69, 9.17) is 5.73 Å². The number of carbonyl (C=O) groups excluding carboxylic acids is 1. The molecule has 5 N–H and O–H groups in total. The summed E-state index contributed by atoms with van der Waals surface area (Å²) >= 11 is 1.34. The third-order valence-corrected chi connectivity index (χ3v) is 6.14. The highest BCUT2D eigenvalue weighted by Gasteiger charge is 2.18. The number of carbonyl (C=O) groups is 1. The molecule has 32 heavy (non-hydrogen) atoms. The van der Waals surface area contributed by atoms with Crippen LogP contribution >= 0.6 is 11.3 Å². The summed E-state index contributed by atoms with van der Waals surface area (Å²) in [4.78, 5) is 25.8. The van der Waals surface area contributed by atoms with Gasteiger partial charge < -0.3 is 21.5 Å². The number of hydrogen-bond donors (Lipinski definition) is 4. The highest BCUT2D eigenvalue weighted by atomic mass is 32.1. The fourth-order valence-corrected chi connectivity index (χ4v) is 4.42. The van der Waals surface area contributed by atoms with E-state index in [0.717, 1.165) is 22.0 Å². The lowest BCUT2D eigenvalue weighted by Gasteiger charge is -2.14. The fourth-order valence-electron chi connectivity index (χ4n) is 3.52. The standard InChI is InChI=1S/C23H18N6O2S/c1-12-2-7-16-15(8-9-25-22(16)28-13-3-5-14(30)6-4-13)18(12)29-23(31)17-10-32-20-19(17)26-11-27-21(20)24/h2-11,30H,1H3,(H,25,28)(H,29,31)(H2,24,26,27). The number of benzene rings is 2. The van der Waals surface area contributed by atoms with Gasteiger partial charge in [-0.2, -0.15) is 0 Å². The first-order valence-electron chi connectivity index (χ1n) is 9.74. The zero-order chi connectivity index (χ0) is 22.2. The molecule has 0 saturated heterocycles. The van der Waals surface area contributed by atoms with Gasteiger partial charge in [0.1, 0.15) is 23.7 Å². The second-order valence-electron chi connectivity index (χ2n) is 7.22. The van der Waals surface area contributed by atoms with Crippen molar-refractivity contribution < 1.29 is 9.90 Å². The van der Waals surface area contributed by atoms with Gasteiger partial charge in [-0.1, -0.05) is 12.1 Å². The summed E-state index contributed by atoms with van der Waals surface area (Å²) in [5.74, 6) is 0.923. The maximum atomic E-state index is 13.1. The van der Waals surface area contributed by atoms with Crippen LogP contribution in [0.4, 0.5) is 23.0 Å². The van der Waals surface area contributed by atoms with Crippen molar-refractivity contribution in [1.29, 1.82) is 0 Å². The van der Waals surface area contributed by atoms with Gasteiger partial charge >= 0.3 is 0 Å². The molecule has 8 nitrogen and oxygen atoms in total. The number of nitrogen functional groups attached to an aromatic ring is 1. The monoisotopic (exact) mass is 442 g/mol. The van der Waals surface area contributed by atoms with E-state index in [1.165, 1.54) is 17.7 Å². The number of amides is 1. The maximum absolute atomic E-state index is 13.1. The van der Waals surface area contributed by atoms with Gasteiger partial charge in [0.05, 0.1) is 21.5 Å². The lowest BCUT2D eigenvalue weighted by molar-refractivity contribution is 0.102. The van der Waals surface area contributed by atoms with Crippen molar-refractivity contribution >= 4 is 61.2 Å². The Morgan fingerprint density at radius 2 is 1.84 bits per heavy atom. The van der Waals surface area contributed by atoms with Crippen LogP contribution in [0, 0.1) is 6.92 Å². The Morgan fingerprint density at radius 1 is 1.03 bits per heavy atom. The van der Waals surface area contributed by atoms with Crippen LogP contribution in [0.5, 0.6) is 5.75 Å². The highest BCUT2D eigenvalue weighted by molar-refractivity contribution is 7.18. The minimum Gasteiger partial charge on any atom is -0.508 e. The maximum Gasteiger partial charge on any atom is 0.258 e. The smallest absolute Gasteiger partial charge is 0.258 e. The second kappa shape index (κ2) is 7.78. The van der Waals surface area contributed by atoms with E-state index in [1.54, 1.807) is 35.8 Å². The van der Waals surface area contributed by atoms with Gasteiger partial charge in [0.25, 0.3) is 5.91 Å². The normalized spacial score (nSPS) is 11.0. The lowest BCUT2D eigenvalue weighted by atomic mass is 10.0. The Balaban J connectivity index is 1.53. The predicted molar refractivity (Wildman–Crippen MR) is 128 cm³/mol. The van der Waals surface area contributed by atoms with Gasteiger partial charge in [0.2, 0.25) is 0 Å². The van der Waals surface area contributed by atoms with Gasteiger partial charge in [-0.3, -0.25) is 4.79 Å². The molecule has 2 aromatic carbocycles. The van der Waals surface area contributed by atoms with E-state index in [9.17, 15) is 9.90 Å². The van der Waals surface area contributed by atoms with Crippen LogP contribution in [0.15, 0.2) is 60.4 Å². The average Bonchev–Trinajstić information content (AvgIpc) is 3.23. The summed E-state index contributed by atoms with van der Waals surface area (Å²) in [5, 5.41) is 19.3. The Hall–Kier alpha value is -4.24. The van der Waals surface area contributed by atoms with Crippen LogP contribution in [0.2, 0.25) is 0 Å². The number of phenols is 1. The number of nitrogens with one attached hydrogen (secondary N) is 2. The molecule has 1 amide bonds. The van der Waals surface area contributed by atoms with E-state index < -0.39 is 0 Å². The Kier molecular flexibility index (Phi) is 4.79. The largest absolute Gasteiger partial charge is 0.508 e. The van der Waals surface area contributed by atoms with Gasteiger partial charge in [-0.25, -0.2) is 15.0 Å². The third-order valence-electron chi connectivity index (χ3n) is 5.15. The van der Waals surface area contributed by atoms with E-state index >= 15 is 0 Å². The number of aryl methyl sites for hydroxylation is 1. The van der Waals surface area contributed by atoms with Crippen molar-refractivity contribution in [2.45, 2.75) is 6.92 Å². The van der Waals surface area contributed by atoms with E-state index in [-0.39, 0.29) is 11.7 Å². The number of aromatic hydroxyl groups is 1. The number of nitrogens with zero attached hydrogens (tertiary/aromatic N) is 3. The van der Waals surface area contributed by atoms with Crippen LogP contribution < -0.4 is 16.4 Å². The molecule has 0 aliphatic heterocycles. The molecular formula is C23H18N6O2S. The molecule has 0 atom stereocenters. The number of fused-ring (bicyclic) bond motifs is 2.